The minimum atomic E-state index is -0.0687. The van der Waals surface area contributed by atoms with E-state index >= 15 is 0 Å². The summed E-state index contributed by atoms with van der Waals surface area (Å²) in [4.78, 5) is 14.6. The fourth-order valence-corrected chi connectivity index (χ4v) is 4.30. The first kappa shape index (κ1) is 18.0. The van der Waals surface area contributed by atoms with Crippen LogP contribution in [0.15, 0.2) is 42.5 Å². The average molecular weight is 378 g/mol. The lowest BCUT2D eigenvalue weighted by Gasteiger charge is -2.24. The molecule has 4 nitrogen and oxygen atoms in total. The van der Waals surface area contributed by atoms with Crippen molar-refractivity contribution in [1.82, 2.24) is 4.90 Å². The van der Waals surface area contributed by atoms with Crippen LogP contribution >= 0.6 is 23.4 Å². The number of rotatable bonds is 5. The van der Waals surface area contributed by atoms with Gasteiger partial charge < -0.3 is 14.4 Å². The second kappa shape index (κ2) is 7.58. The Balaban J connectivity index is 1.88. The van der Waals surface area contributed by atoms with Crippen LogP contribution in [0.1, 0.15) is 23.4 Å². The van der Waals surface area contributed by atoms with Crippen LogP contribution in [0.3, 0.4) is 0 Å². The zero-order chi connectivity index (χ0) is 18.0. The molecule has 1 fully saturated rings. The van der Waals surface area contributed by atoms with Gasteiger partial charge in [0.25, 0.3) is 0 Å². The van der Waals surface area contributed by atoms with E-state index in [1.165, 1.54) is 0 Å². The molecular formula is C19H20ClNO3S. The highest BCUT2D eigenvalue weighted by molar-refractivity contribution is 8.01. The Morgan fingerprint density at radius 3 is 2.40 bits per heavy atom. The van der Waals surface area contributed by atoms with E-state index in [1.807, 2.05) is 54.3 Å². The predicted octanol–water partition coefficient (Wildman–Crippen LogP) is 4.52. The van der Waals surface area contributed by atoms with Gasteiger partial charge in [-0.1, -0.05) is 29.8 Å². The molecular weight excluding hydrogens is 358 g/mol. The van der Waals surface area contributed by atoms with Gasteiger partial charge in [-0.3, -0.25) is 4.79 Å². The van der Waals surface area contributed by atoms with Crippen LogP contribution in [0.5, 0.6) is 11.5 Å². The summed E-state index contributed by atoms with van der Waals surface area (Å²) in [5.41, 5.74) is 2.08. The lowest BCUT2D eigenvalue weighted by atomic mass is 10.1. The van der Waals surface area contributed by atoms with Crippen LogP contribution < -0.4 is 9.47 Å². The number of ether oxygens (including phenoxy) is 2. The SMILES string of the molecule is COc1ccc(CN2C(=O)[C@H](C)S[C@H]2c2ccc(Cl)cc2)cc1OC. The van der Waals surface area contributed by atoms with Gasteiger partial charge in [-0.05, 0) is 42.3 Å². The van der Waals surface area contributed by atoms with Gasteiger partial charge in [-0.2, -0.15) is 0 Å². The van der Waals surface area contributed by atoms with Crippen LogP contribution in [-0.4, -0.2) is 30.3 Å². The van der Waals surface area contributed by atoms with Crippen LogP contribution in [0.25, 0.3) is 0 Å². The molecule has 0 radical (unpaired) electrons. The van der Waals surface area contributed by atoms with Crippen molar-refractivity contribution in [1.29, 1.82) is 0 Å². The lowest BCUT2D eigenvalue weighted by molar-refractivity contribution is -0.130. The summed E-state index contributed by atoms with van der Waals surface area (Å²) in [5, 5.41) is 0.603. The molecule has 1 heterocycles. The summed E-state index contributed by atoms with van der Waals surface area (Å²) in [7, 11) is 3.22. The van der Waals surface area contributed by atoms with E-state index in [-0.39, 0.29) is 16.5 Å². The van der Waals surface area contributed by atoms with Crippen molar-refractivity contribution in [2.45, 2.75) is 24.1 Å². The van der Waals surface area contributed by atoms with E-state index in [1.54, 1.807) is 26.0 Å². The van der Waals surface area contributed by atoms with Crippen LogP contribution in [0.4, 0.5) is 0 Å². The molecule has 0 bridgehead atoms. The van der Waals surface area contributed by atoms with Crippen molar-refractivity contribution < 1.29 is 14.3 Å². The average Bonchev–Trinajstić information content (AvgIpc) is 2.90. The topological polar surface area (TPSA) is 38.8 Å². The van der Waals surface area contributed by atoms with Gasteiger partial charge >= 0.3 is 0 Å². The molecule has 2 aromatic rings. The van der Waals surface area contributed by atoms with Gasteiger partial charge in [0.05, 0.1) is 19.5 Å². The molecule has 132 valence electrons. The molecule has 3 rings (SSSR count). The Morgan fingerprint density at radius 2 is 1.76 bits per heavy atom. The summed E-state index contributed by atoms with van der Waals surface area (Å²) in [6.45, 7) is 2.47. The van der Waals surface area contributed by atoms with Gasteiger partial charge in [0, 0.05) is 11.6 Å². The lowest BCUT2D eigenvalue weighted by Crippen LogP contribution is -2.29. The third-order valence-electron chi connectivity index (χ3n) is 4.20. The largest absolute Gasteiger partial charge is 0.493 e. The Morgan fingerprint density at radius 1 is 1.08 bits per heavy atom. The van der Waals surface area contributed by atoms with E-state index in [2.05, 4.69) is 0 Å². The number of hydrogen-bond acceptors (Lipinski definition) is 4. The van der Waals surface area contributed by atoms with Crippen molar-refractivity contribution in [2.75, 3.05) is 14.2 Å². The second-order valence-electron chi connectivity index (χ2n) is 5.84. The third kappa shape index (κ3) is 3.72. The highest BCUT2D eigenvalue weighted by atomic mass is 35.5. The summed E-state index contributed by atoms with van der Waals surface area (Å²) in [6, 6.07) is 13.4. The third-order valence-corrected chi connectivity index (χ3v) is 5.85. The number of amides is 1. The zero-order valence-corrected chi connectivity index (χ0v) is 15.9. The molecule has 2 atom stereocenters. The van der Waals surface area contributed by atoms with Gasteiger partial charge in [0.15, 0.2) is 11.5 Å². The summed E-state index contributed by atoms with van der Waals surface area (Å²) in [5.74, 6) is 1.48. The Labute approximate surface area is 157 Å². The molecule has 0 aromatic heterocycles. The van der Waals surface area contributed by atoms with Crippen molar-refractivity contribution in [2.24, 2.45) is 0 Å². The predicted molar refractivity (Wildman–Crippen MR) is 101 cm³/mol. The highest BCUT2D eigenvalue weighted by Crippen LogP contribution is 2.44. The number of halogens is 1. The van der Waals surface area contributed by atoms with Crippen LogP contribution in [0, 0.1) is 0 Å². The van der Waals surface area contributed by atoms with Gasteiger partial charge in [0.2, 0.25) is 5.91 Å². The molecule has 1 saturated heterocycles. The molecule has 1 aliphatic heterocycles. The number of hydrogen-bond donors (Lipinski definition) is 0. The number of nitrogens with zero attached hydrogens (tertiary/aromatic N) is 1. The maximum absolute atomic E-state index is 12.7. The molecule has 1 aliphatic rings. The maximum atomic E-state index is 12.7. The highest BCUT2D eigenvalue weighted by Gasteiger charge is 2.38. The monoisotopic (exact) mass is 377 g/mol. The van der Waals surface area contributed by atoms with Crippen molar-refractivity contribution in [3.63, 3.8) is 0 Å². The molecule has 25 heavy (non-hydrogen) atoms. The van der Waals surface area contributed by atoms with E-state index in [0.29, 0.717) is 23.1 Å². The van der Waals surface area contributed by atoms with Gasteiger partial charge in [-0.25, -0.2) is 0 Å². The van der Waals surface area contributed by atoms with E-state index < -0.39 is 0 Å². The number of methoxy groups -OCH3 is 2. The fourth-order valence-electron chi connectivity index (χ4n) is 2.90. The molecule has 0 spiro atoms. The summed E-state index contributed by atoms with van der Waals surface area (Å²) < 4.78 is 10.6. The number of carbonyl (C=O) groups excluding carboxylic acids is 1. The Hall–Kier alpha value is -1.85. The molecule has 0 aliphatic carbocycles. The smallest absolute Gasteiger partial charge is 0.236 e. The molecule has 1 amide bonds. The van der Waals surface area contributed by atoms with Gasteiger partial charge in [0.1, 0.15) is 5.37 Å². The number of benzene rings is 2. The minimum absolute atomic E-state index is 0.0205. The maximum Gasteiger partial charge on any atom is 0.236 e. The van der Waals surface area contributed by atoms with Crippen LogP contribution in [-0.2, 0) is 11.3 Å². The first-order chi connectivity index (χ1) is 12.0. The van der Waals surface area contributed by atoms with E-state index in [4.69, 9.17) is 21.1 Å². The van der Waals surface area contributed by atoms with Gasteiger partial charge in [-0.15, -0.1) is 11.8 Å². The summed E-state index contributed by atoms with van der Waals surface area (Å²) >= 11 is 7.65. The van der Waals surface area contributed by atoms with E-state index in [9.17, 15) is 4.79 Å². The molecule has 0 saturated carbocycles. The molecule has 0 N–H and O–H groups in total. The second-order valence-corrected chi connectivity index (χ2v) is 7.70. The van der Waals surface area contributed by atoms with Crippen LogP contribution in [0.2, 0.25) is 5.02 Å². The van der Waals surface area contributed by atoms with Crippen molar-refractivity contribution in [3.05, 3.63) is 58.6 Å². The molecule has 6 heteroatoms. The minimum Gasteiger partial charge on any atom is -0.493 e. The normalized spacial score (nSPS) is 20.0. The number of carbonyl (C=O) groups is 1. The van der Waals surface area contributed by atoms with Crippen molar-refractivity contribution >= 4 is 29.3 Å². The summed E-state index contributed by atoms with van der Waals surface area (Å²) in [6.07, 6.45) is 0. The molecule has 2 aromatic carbocycles. The Kier molecular flexibility index (Phi) is 5.45. The van der Waals surface area contributed by atoms with E-state index in [0.717, 1.165) is 11.1 Å². The quantitative estimate of drug-likeness (QED) is 0.767. The first-order valence-electron chi connectivity index (χ1n) is 7.95. The molecule has 0 unspecified atom stereocenters. The number of thioether (sulfide) groups is 1. The van der Waals surface area contributed by atoms with Crippen molar-refractivity contribution in [3.8, 4) is 11.5 Å². The standard InChI is InChI=1S/C19H20ClNO3S/c1-12-18(22)21(19(25-12)14-5-7-15(20)8-6-14)11-13-4-9-16(23-2)17(10-13)24-3/h4-10,12,19H,11H2,1-3H3/t12-,19-/m0/s1. The first-order valence-corrected chi connectivity index (χ1v) is 9.28. The zero-order valence-electron chi connectivity index (χ0n) is 14.4. The fraction of sp³-hybridized carbons (Fsp3) is 0.316. The Bertz CT molecular complexity index is 766.